The second kappa shape index (κ2) is 8.48. The van der Waals surface area contributed by atoms with Crippen LogP contribution in [0.1, 0.15) is 68.8 Å². The number of nitrogens with one attached hydrogen (secondary N) is 2. The zero-order valence-corrected chi connectivity index (χ0v) is 19.9. The van der Waals surface area contributed by atoms with Crippen molar-refractivity contribution in [3.05, 3.63) is 64.5 Å². The Morgan fingerprint density at radius 2 is 1.84 bits per heavy atom. The largest absolute Gasteiger partial charge is 0.392 e. The van der Waals surface area contributed by atoms with Crippen molar-refractivity contribution in [2.24, 2.45) is 0 Å². The topological polar surface area (TPSA) is 95.5 Å². The monoisotopic (exact) mass is 462 g/mol. The molecule has 0 spiro atoms. The molecule has 1 fully saturated rings. The third-order valence-electron chi connectivity index (χ3n) is 5.96. The fourth-order valence-electron chi connectivity index (χ4n) is 3.92. The summed E-state index contributed by atoms with van der Waals surface area (Å²) in [5.74, 6) is -0.472. The quantitative estimate of drug-likeness (QED) is 0.582. The highest BCUT2D eigenvalue weighted by molar-refractivity contribution is 7.92. The van der Waals surface area contributed by atoms with Crippen molar-refractivity contribution in [1.82, 2.24) is 5.32 Å². The second-order valence-electron chi connectivity index (χ2n) is 9.67. The van der Waals surface area contributed by atoms with Crippen LogP contribution in [0.5, 0.6) is 0 Å². The summed E-state index contributed by atoms with van der Waals surface area (Å²) in [6.45, 7) is 7.31. The lowest BCUT2D eigenvalue weighted by molar-refractivity contribution is -0.124. The minimum atomic E-state index is -3.48. The van der Waals surface area contributed by atoms with Gasteiger partial charge in [-0.3, -0.25) is 9.52 Å². The highest BCUT2D eigenvalue weighted by Gasteiger charge is 2.51. The van der Waals surface area contributed by atoms with Crippen molar-refractivity contribution in [3.63, 3.8) is 0 Å². The van der Waals surface area contributed by atoms with E-state index in [-0.39, 0.29) is 29.8 Å². The Hall–Kier alpha value is -2.45. The molecular weight excluding hydrogens is 431 g/mol. The number of hydrogen-bond acceptors (Lipinski definition) is 4. The summed E-state index contributed by atoms with van der Waals surface area (Å²) in [6.07, 6.45) is 2.34. The average molecular weight is 463 g/mol. The summed E-state index contributed by atoms with van der Waals surface area (Å²) in [6, 6.07) is 9.64. The Balaban J connectivity index is 1.79. The van der Waals surface area contributed by atoms with Crippen molar-refractivity contribution >= 4 is 21.6 Å². The van der Waals surface area contributed by atoms with E-state index >= 15 is 0 Å². The SMILES string of the molecule is CC(NC(=O)C1(c2ccc(C(C)(C)C)c(F)c2)CC1)c1ccc(NS(C)(=O)=O)c(CO)c1. The Morgan fingerprint density at radius 1 is 1.19 bits per heavy atom. The van der Waals surface area contributed by atoms with Crippen LogP contribution in [0.3, 0.4) is 0 Å². The molecule has 8 heteroatoms. The van der Waals surface area contributed by atoms with Gasteiger partial charge in [0.1, 0.15) is 5.82 Å². The van der Waals surface area contributed by atoms with Gasteiger partial charge in [0.15, 0.2) is 0 Å². The van der Waals surface area contributed by atoms with Crippen LogP contribution in [-0.4, -0.2) is 25.7 Å². The molecule has 2 aromatic rings. The van der Waals surface area contributed by atoms with Gasteiger partial charge in [0.05, 0.1) is 30.0 Å². The molecule has 0 radical (unpaired) electrons. The molecule has 6 nitrogen and oxygen atoms in total. The first-order valence-corrected chi connectivity index (χ1v) is 12.5. The van der Waals surface area contributed by atoms with Crippen molar-refractivity contribution in [3.8, 4) is 0 Å². The Bertz CT molecular complexity index is 1140. The highest BCUT2D eigenvalue weighted by Crippen LogP contribution is 2.49. The Morgan fingerprint density at radius 3 is 2.34 bits per heavy atom. The number of amides is 1. The van der Waals surface area contributed by atoms with E-state index in [9.17, 15) is 22.7 Å². The summed E-state index contributed by atoms with van der Waals surface area (Å²) in [5.41, 5.74) is 1.68. The maximum Gasteiger partial charge on any atom is 0.231 e. The van der Waals surface area contributed by atoms with Gasteiger partial charge < -0.3 is 10.4 Å². The molecule has 2 aromatic carbocycles. The molecule has 32 heavy (non-hydrogen) atoms. The molecule has 0 bridgehead atoms. The molecule has 0 aromatic heterocycles. The van der Waals surface area contributed by atoms with Gasteiger partial charge in [0.25, 0.3) is 0 Å². The van der Waals surface area contributed by atoms with Gasteiger partial charge in [0, 0.05) is 5.56 Å². The van der Waals surface area contributed by atoms with Gasteiger partial charge in [-0.1, -0.05) is 39.0 Å². The third-order valence-corrected chi connectivity index (χ3v) is 6.55. The Kier molecular flexibility index (Phi) is 6.41. The number of sulfonamides is 1. The molecule has 1 saturated carbocycles. The van der Waals surface area contributed by atoms with Crippen LogP contribution in [0.15, 0.2) is 36.4 Å². The van der Waals surface area contributed by atoms with Crippen molar-refractivity contribution < 1.29 is 22.7 Å². The second-order valence-corrected chi connectivity index (χ2v) is 11.4. The fraction of sp³-hybridized carbons (Fsp3) is 0.458. The number of carbonyl (C=O) groups is 1. The molecule has 0 aliphatic heterocycles. The summed E-state index contributed by atoms with van der Waals surface area (Å²) < 4.78 is 40.1. The normalized spacial score (nSPS) is 16.3. The van der Waals surface area contributed by atoms with Crippen LogP contribution in [0.25, 0.3) is 0 Å². The first kappa shape index (κ1) is 24.2. The van der Waals surface area contributed by atoms with Gasteiger partial charge >= 0.3 is 0 Å². The number of benzene rings is 2. The van der Waals surface area contributed by atoms with E-state index in [0.717, 1.165) is 11.8 Å². The van der Waals surface area contributed by atoms with E-state index < -0.39 is 15.4 Å². The van der Waals surface area contributed by atoms with Crippen molar-refractivity contribution in [1.29, 1.82) is 0 Å². The minimum absolute atomic E-state index is 0.170. The van der Waals surface area contributed by atoms with E-state index in [1.54, 1.807) is 24.3 Å². The van der Waals surface area contributed by atoms with Crippen LogP contribution in [0.2, 0.25) is 0 Å². The average Bonchev–Trinajstić information content (AvgIpc) is 3.48. The van der Waals surface area contributed by atoms with Crippen LogP contribution >= 0.6 is 0 Å². The molecule has 3 rings (SSSR count). The lowest BCUT2D eigenvalue weighted by atomic mass is 9.84. The van der Waals surface area contributed by atoms with Crippen LogP contribution in [0.4, 0.5) is 10.1 Å². The van der Waals surface area contributed by atoms with Gasteiger partial charge in [-0.25, -0.2) is 12.8 Å². The van der Waals surface area contributed by atoms with E-state index in [2.05, 4.69) is 10.0 Å². The molecule has 1 amide bonds. The van der Waals surface area contributed by atoms with Crippen LogP contribution in [-0.2, 0) is 32.3 Å². The van der Waals surface area contributed by atoms with E-state index in [4.69, 9.17) is 0 Å². The first-order chi connectivity index (χ1) is 14.8. The summed E-state index contributed by atoms with van der Waals surface area (Å²) in [7, 11) is -3.48. The van der Waals surface area contributed by atoms with E-state index in [0.29, 0.717) is 35.2 Å². The smallest absolute Gasteiger partial charge is 0.231 e. The Labute approximate surface area is 189 Å². The summed E-state index contributed by atoms with van der Waals surface area (Å²) >= 11 is 0. The zero-order valence-electron chi connectivity index (χ0n) is 19.1. The molecule has 0 saturated heterocycles. The van der Waals surface area contributed by atoms with Crippen molar-refractivity contribution in [2.75, 3.05) is 11.0 Å². The fourth-order valence-corrected chi connectivity index (χ4v) is 4.52. The molecule has 1 unspecified atom stereocenters. The van der Waals surface area contributed by atoms with Gasteiger partial charge in [-0.05, 0) is 60.1 Å². The molecule has 0 heterocycles. The molecule has 1 aliphatic carbocycles. The van der Waals surface area contributed by atoms with Crippen LogP contribution < -0.4 is 10.0 Å². The number of hydrogen-bond donors (Lipinski definition) is 3. The summed E-state index contributed by atoms with van der Waals surface area (Å²) in [5, 5.41) is 12.6. The van der Waals surface area contributed by atoms with E-state index in [1.165, 1.54) is 6.07 Å². The van der Waals surface area contributed by atoms with Gasteiger partial charge in [-0.15, -0.1) is 0 Å². The maximum atomic E-state index is 14.7. The standard InChI is InChI=1S/C24H31FN2O4S/c1-15(16-6-9-21(17(12-16)14-28)27-32(5,30)31)26-22(29)24(10-11-24)18-7-8-19(20(25)13-18)23(2,3)4/h6-9,12-13,15,27-28H,10-11,14H2,1-5H3,(H,26,29). The van der Waals surface area contributed by atoms with Crippen molar-refractivity contribution in [2.45, 2.75) is 64.0 Å². The number of aliphatic hydroxyl groups is 1. The number of aliphatic hydroxyl groups excluding tert-OH is 1. The number of halogens is 1. The lowest BCUT2D eigenvalue weighted by Gasteiger charge is -2.24. The molecule has 1 aliphatic rings. The number of anilines is 1. The zero-order chi connectivity index (χ0) is 23.9. The minimum Gasteiger partial charge on any atom is -0.392 e. The number of rotatable bonds is 7. The van der Waals surface area contributed by atoms with Crippen LogP contribution in [0, 0.1) is 5.82 Å². The summed E-state index contributed by atoms with van der Waals surface area (Å²) in [4.78, 5) is 13.1. The predicted molar refractivity (Wildman–Crippen MR) is 123 cm³/mol. The lowest BCUT2D eigenvalue weighted by Crippen LogP contribution is -2.36. The first-order valence-electron chi connectivity index (χ1n) is 10.6. The van der Waals surface area contributed by atoms with Gasteiger partial charge in [0.2, 0.25) is 15.9 Å². The molecule has 1 atom stereocenters. The predicted octanol–water partition coefficient (Wildman–Crippen LogP) is 3.90. The third kappa shape index (κ3) is 5.13. The molecular formula is C24H31FN2O4S. The van der Waals surface area contributed by atoms with E-state index in [1.807, 2.05) is 33.8 Å². The molecule has 3 N–H and O–H groups in total. The number of carbonyl (C=O) groups excluding carboxylic acids is 1. The molecule has 174 valence electrons. The van der Waals surface area contributed by atoms with Gasteiger partial charge in [-0.2, -0.15) is 0 Å². The highest BCUT2D eigenvalue weighted by atomic mass is 32.2. The maximum absolute atomic E-state index is 14.7.